The lowest BCUT2D eigenvalue weighted by atomic mass is 10.1. The van der Waals surface area contributed by atoms with E-state index in [9.17, 15) is 0 Å². The maximum Gasteiger partial charge on any atom is 0.155 e. The molecule has 23 heavy (non-hydrogen) atoms. The topological polar surface area (TPSA) is 48.7 Å². The zero-order chi connectivity index (χ0) is 17.1. The first-order chi connectivity index (χ1) is 10.8. The zero-order valence-electron chi connectivity index (χ0n) is 14.4. The first kappa shape index (κ1) is 16.8. The molecule has 2 aliphatic rings. The van der Waals surface area contributed by atoms with E-state index >= 15 is 0 Å². The van der Waals surface area contributed by atoms with Crippen molar-refractivity contribution in [2.45, 2.75) is 27.2 Å². The Morgan fingerprint density at radius 1 is 1.48 bits per heavy atom. The Kier molecular flexibility index (Phi) is 4.87. The van der Waals surface area contributed by atoms with E-state index in [0.717, 1.165) is 29.1 Å². The van der Waals surface area contributed by atoms with E-state index in [-0.39, 0.29) is 0 Å². The Balaban J connectivity index is 2.51. The van der Waals surface area contributed by atoms with Gasteiger partial charge in [0.25, 0.3) is 0 Å². The van der Waals surface area contributed by atoms with Crippen molar-refractivity contribution in [2.24, 2.45) is 4.99 Å². The number of hydrogen-bond donors (Lipinski definition) is 1. The molecule has 4 nitrogen and oxygen atoms in total. The Morgan fingerprint density at radius 3 is 2.74 bits per heavy atom. The molecule has 0 aromatic heterocycles. The van der Waals surface area contributed by atoms with Gasteiger partial charge in [0.2, 0.25) is 0 Å². The van der Waals surface area contributed by atoms with E-state index in [1.807, 2.05) is 45.0 Å². The molecule has 4 heteroatoms. The molecule has 1 heterocycles. The summed E-state index contributed by atoms with van der Waals surface area (Å²) in [4.78, 5) is 6.71. The third-order valence-electron chi connectivity index (χ3n) is 3.64. The van der Waals surface area contributed by atoms with Gasteiger partial charge in [-0.2, -0.15) is 0 Å². The van der Waals surface area contributed by atoms with Crippen molar-refractivity contribution in [1.29, 1.82) is 5.41 Å². The minimum absolute atomic E-state index is 0.348. The normalized spacial score (nSPS) is 18.5. The quantitative estimate of drug-likeness (QED) is 0.627. The molecule has 0 radical (unpaired) electrons. The summed E-state index contributed by atoms with van der Waals surface area (Å²) in [5.41, 5.74) is 7.94. The second-order valence-corrected chi connectivity index (χ2v) is 5.80. The van der Waals surface area contributed by atoms with Crippen molar-refractivity contribution in [2.75, 3.05) is 14.1 Å². The van der Waals surface area contributed by atoms with Gasteiger partial charge in [-0.05, 0) is 25.8 Å². The van der Waals surface area contributed by atoms with E-state index in [4.69, 9.17) is 10.1 Å². The summed E-state index contributed by atoms with van der Waals surface area (Å²) in [5.74, 6) is 1.29. The average Bonchev–Trinajstić information content (AvgIpc) is 2.65. The lowest BCUT2D eigenvalue weighted by Crippen LogP contribution is -2.15. The monoisotopic (exact) mass is 309 g/mol. The van der Waals surface area contributed by atoms with Crippen LogP contribution in [0.5, 0.6) is 0 Å². The predicted molar refractivity (Wildman–Crippen MR) is 95.5 cm³/mol. The first-order valence-electron chi connectivity index (χ1n) is 7.62. The van der Waals surface area contributed by atoms with Crippen LogP contribution >= 0.6 is 0 Å². The van der Waals surface area contributed by atoms with Crippen molar-refractivity contribution in [1.82, 2.24) is 4.90 Å². The molecule has 0 aromatic carbocycles. The van der Waals surface area contributed by atoms with Gasteiger partial charge in [0.15, 0.2) is 11.5 Å². The molecule has 0 aromatic rings. The minimum Gasteiger partial charge on any atom is -0.453 e. The van der Waals surface area contributed by atoms with Crippen LogP contribution in [-0.2, 0) is 4.74 Å². The molecule has 0 fully saturated rings. The molecule has 0 atom stereocenters. The van der Waals surface area contributed by atoms with Gasteiger partial charge in [-0.15, -0.1) is 5.73 Å². The van der Waals surface area contributed by atoms with Gasteiger partial charge < -0.3 is 15.0 Å². The summed E-state index contributed by atoms with van der Waals surface area (Å²) in [7, 11) is 3.97. The molecule has 0 saturated carbocycles. The number of nitrogens with one attached hydrogen (secondary N) is 1. The Hall–Kier alpha value is -2.58. The van der Waals surface area contributed by atoms with Crippen molar-refractivity contribution >= 4 is 11.4 Å². The Bertz CT molecular complexity index is 751. The van der Waals surface area contributed by atoms with Gasteiger partial charge >= 0.3 is 0 Å². The van der Waals surface area contributed by atoms with Gasteiger partial charge in [-0.3, -0.25) is 0 Å². The molecular weight excluding hydrogens is 286 g/mol. The molecule has 0 saturated heterocycles. The summed E-state index contributed by atoms with van der Waals surface area (Å²) >= 11 is 0. The molecule has 1 aliphatic heterocycles. The molecule has 1 N–H and O–H groups in total. The lowest BCUT2D eigenvalue weighted by molar-refractivity contribution is 0.332. The van der Waals surface area contributed by atoms with Crippen LogP contribution in [-0.4, -0.2) is 30.4 Å². The van der Waals surface area contributed by atoms with Gasteiger partial charge in [0.05, 0.1) is 17.1 Å². The highest BCUT2D eigenvalue weighted by Gasteiger charge is 2.21. The summed E-state index contributed by atoms with van der Waals surface area (Å²) in [5, 5.41) is 7.99. The fourth-order valence-corrected chi connectivity index (χ4v) is 2.26. The number of nitrogens with zero attached hydrogens (tertiary/aromatic N) is 2. The first-order valence-corrected chi connectivity index (χ1v) is 7.62. The minimum atomic E-state index is 0.348. The number of likely N-dealkylation sites (N-methyl/N-ethyl adjacent to an activating group) is 1. The van der Waals surface area contributed by atoms with E-state index in [1.165, 1.54) is 0 Å². The van der Waals surface area contributed by atoms with Crippen LogP contribution in [0.25, 0.3) is 0 Å². The summed E-state index contributed by atoms with van der Waals surface area (Å²) < 4.78 is 6.06. The smallest absolute Gasteiger partial charge is 0.155 e. The fraction of sp³-hybridized carbons (Fsp3) is 0.316. The van der Waals surface area contributed by atoms with Crippen molar-refractivity contribution in [3.05, 3.63) is 64.6 Å². The van der Waals surface area contributed by atoms with Crippen LogP contribution < -0.4 is 0 Å². The molecule has 0 unspecified atom stereocenters. The van der Waals surface area contributed by atoms with Crippen molar-refractivity contribution in [3.63, 3.8) is 0 Å². The Morgan fingerprint density at radius 2 is 2.17 bits per heavy atom. The second kappa shape index (κ2) is 6.67. The van der Waals surface area contributed by atoms with Crippen LogP contribution in [0.2, 0.25) is 0 Å². The van der Waals surface area contributed by atoms with E-state index in [2.05, 4.69) is 17.3 Å². The summed E-state index contributed by atoms with van der Waals surface area (Å²) in [6, 6.07) is 0. The Labute approximate surface area is 138 Å². The highest BCUT2D eigenvalue weighted by molar-refractivity contribution is 6.11. The molecular formula is C19H23N3O. The molecule has 2 rings (SSSR count). The third-order valence-corrected chi connectivity index (χ3v) is 3.64. The van der Waals surface area contributed by atoms with Gasteiger partial charge in [-0.25, -0.2) is 4.99 Å². The van der Waals surface area contributed by atoms with Crippen molar-refractivity contribution in [3.8, 4) is 0 Å². The average molecular weight is 309 g/mol. The number of ether oxygens (including phenoxy) is 1. The fourth-order valence-electron chi connectivity index (χ4n) is 2.26. The largest absolute Gasteiger partial charge is 0.453 e. The SMILES string of the molecule is C=C(C)C(=N)/C=C1/OC2=C(C=C=C(C)C(N(C)C)=C2)N=C1CC. The number of rotatable bonds is 4. The van der Waals surface area contributed by atoms with E-state index in [1.54, 1.807) is 13.0 Å². The van der Waals surface area contributed by atoms with Crippen molar-refractivity contribution < 1.29 is 4.74 Å². The lowest BCUT2D eigenvalue weighted by Gasteiger charge is -2.21. The molecule has 0 amide bonds. The maximum absolute atomic E-state index is 7.99. The third kappa shape index (κ3) is 3.61. The van der Waals surface area contributed by atoms with Crippen LogP contribution in [0.4, 0.5) is 0 Å². The van der Waals surface area contributed by atoms with Crippen LogP contribution in [0.15, 0.2) is 69.6 Å². The summed E-state index contributed by atoms with van der Waals surface area (Å²) in [6.07, 6.45) is 6.24. The van der Waals surface area contributed by atoms with Crippen LogP contribution in [0.3, 0.4) is 0 Å². The predicted octanol–water partition coefficient (Wildman–Crippen LogP) is 4.12. The van der Waals surface area contributed by atoms with Gasteiger partial charge in [-0.1, -0.05) is 13.5 Å². The standard InChI is InChI=1S/C19H23N3O/c1-7-15-18(10-14(20)12(2)3)23-19-11-17(22(5)6)13(4)8-9-16(19)21-15/h9-11,20H,2,7H2,1,3-6H3/b18-10+,20-14?. The number of allylic oxidation sites excluding steroid dienone is 6. The van der Waals surface area contributed by atoms with E-state index in [0.29, 0.717) is 22.8 Å². The van der Waals surface area contributed by atoms with Gasteiger partial charge in [0.1, 0.15) is 5.70 Å². The molecule has 0 bridgehead atoms. The van der Waals surface area contributed by atoms with Gasteiger partial charge in [0, 0.05) is 37.9 Å². The number of aliphatic imine (C=N–C) groups is 1. The second-order valence-electron chi connectivity index (χ2n) is 5.80. The van der Waals surface area contributed by atoms with E-state index < -0.39 is 0 Å². The molecule has 1 aliphatic carbocycles. The van der Waals surface area contributed by atoms with Crippen LogP contribution in [0.1, 0.15) is 27.2 Å². The van der Waals surface area contributed by atoms with Crippen LogP contribution in [0, 0.1) is 5.41 Å². The highest BCUT2D eigenvalue weighted by atomic mass is 16.5. The summed E-state index contributed by atoms with van der Waals surface area (Å²) in [6.45, 7) is 9.64. The highest BCUT2D eigenvalue weighted by Crippen LogP contribution is 2.28. The molecule has 0 spiro atoms. The zero-order valence-corrected chi connectivity index (χ0v) is 14.4. The molecule has 120 valence electrons. The number of hydrogen-bond acceptors (Lipinski definition) is 4. The maximum atomic E-state index is 7.99.